The summed E-state index contributed by atoms with van der Waals surface area (Å²) in [6.07, 6.45) is 9.56. The van der Waals surface area contributed by atoms with Crippen LogP contribution in [0.1, 0.15) is 12.8 Å². The average Bonchev–Trinajstić information content (AvgIpc) is 3.60. The highest BCUT2D eigenvalue weighted by molar-refractivity contribution is 5.81. The number of rotatable bonds is 4. The summed E-state index contributed by atoms with van der Waals surface area (Å²) < 4.78 is 1.72. The van der Waals surface area contributed by atoms with Gasteiger partial charge in [-0.1, -0.05) is 0 Å². The van der Waals surface area contributed by atoms with Gasteiger partial charge >= 0.3 is 0 Å². The largest absolute Gasteiger partial charge is 0.506 e. The van der Waals surface area contributed by atoms with Crippen LogP contribution in [0.4, 0.5) is 5.95 Å². The fraction of sp³-hybridized carbons (Fsp3) is 0.364. The predicted octanol–water partition coefficient (Wildman–Crippen LogP) is 1.78. The Bertz CT molecular complexity index is 1280. The van der Waals surface area contributed by atoms with Crippen LogP contribution in [0.3, 0.4) is 0 Å². The molecule has 2 aliphatic rings. The summed E-state index contributed by atoms with van der Waals surface area (Å²) in [4.78, 5) is 15.5. The Balaban J connectivity index is 1.23. The summed E-state index contributed by atoms with van der Waals surface area (Å²) >= 11 is 0. The quantitative estimate of drug-likeness (QED) is 0.500. The van der Waals surface area contributed by atoms with E-state index in [0.717, 1.165) is 42.1 Å². The molecule has 1 saturated heterocycles. The standard InChI is InChI=1S/C22H23N9O/c1-30-11-16-6-14(9-25-21(16)29-30)15-7-19(32)20(24-8-15)17-10-26-22(28-27-17)31-5-4-23-18(12-31)13-2-3-13/h6-11,13,18,23,32H,2-5,12H2,1H3/t18-/m1/s1. The Labute approximate surface area is 184 Å². The number of hydrogen-bond donors (Lipinski definition) is 2. The monoisotopic (exact) mass is 429 g/mol. The van der Waals surface area contributed by atoms with Crippen molar-refractivity contribution >= 4 is 17.0 Å². The first kappa shape index (κ1) is 19.1. The molecule has 2 N–H and O–H groups in total. The van der Waals surface area contributed by atoms with Gasteiger partial charge in [-0.3, -0.25) is 4.68 Å². The lowest BCUT2D eigenvalue weighted by Crippen LogP contribution is -2.52. The van der Waals surface area contributed by atoms with Gasteiger partial charge in [0.25, 0.3) is 0 Å². The Kier molecular flexibility index (Phi) is 4.46. The van der Waals surface area contributed by atoms with Crippen LogP contribution >= 0.6 is 0 Å². The van der Waals surface area contributed by atoms with Crippen LogP contribution in [-0.2, 0) is 7.05 Å². The molecule has 1 atom stereocenters. The number of fused-ring (bicyclic) bond motifs is 1. The van der Waals surface area contributed by atoms with Crippen LogP contribution < -0.4 is 10.2 Å². The molecule has 5 heterocycles. The Morgan fingerprint density at radius 3 is 2.66 bits per heavy atom. The first-order valence-corrected chi connectivity index (χ1v) is 10.8. The van der Waals surface area contributed by atoms with Crippen LogP contribution in [0, 0.1) is 5.92 Å². The third kappa shape index (κ3) is 3.52. The SMILES string of the molecule is Cn1cc2cc(-c3cnc(-c4cnc(N5CCN[C@@H](C6CC6)C5)nn4)c(O)c3)cnc2n1. The van der Waals surface area contributed by atoms with E-state index in [1.54, 1.807) is 29.3 Å². The molecule has 32 heavy (non-hydrogen) atoms. The van der Waals surface area contributed by atoms with E-state index in [0.29, 0.717) is 29.0 Å². The number of aryl methyl sites for hydroxylation is 1. The van der Waals surface area contributed by atoms with Crippen LogP contribution in [-0.4, -0.2) is 65.7 Å². The summed E-state index contributed by atoms with van der Waals surface area (Å²) in [7, 11) is 1.86. The summed E-state index contributed by atoms with van der Waals surface area (Å²) in [5.74, 6) is 1.42. The normalized spacial score (nSPS) is 18.9. The van der Waals surface area contributed by atoms with E-state index in [-0.39, 0.29) is 5.75 Å². The first-order chi connectivity index (χ1) is 15.6. The molecule has 0 aromatic carbocycles. The maximum atomic E-state index is 10.6. The third-order valence-corrected chi connectivity index (χ3v) is 6.15. The van der Waals surface area contributed by atoms with E-state index in [4.69, 9.17) is 0 Å². The van der Waals surface area contributed by atoms with Gasteiger partial charge in [0, 0.05) is 67.8 Å². The van der Waals surface area contributed by atoms with Gasteiger partial charge in [-0.25, -0.2) is 15.0 Å². The second-order valence-corrected chi connectivity index (χ2v) is 8.52. The highest BCUT2D eigenvalue weighted by Crippen LogP contribution is 2.34. The van der Waals surface area contributed by atoms with Gasteiger partial charge < -0.3 is 15.3 Å². The molecule has 0 amide bonds. The van der Waals surface area contributed by atoms with Gasteiger partial charge in [-0.2, -0.15) is 5.10 Å². The van der Waals surface area contributed by atoms with Crippen molar-refractivity contribution in [1.29, 1.82) is 0 Å². The molecule has 162 valence electrons. The molecule has 1 aliphatic carbocycles. The van der Waals surface area contributed by atoms with E-state index in [1.807, 2.05) is 19.3 Å². The number of aromatic nitrogens is 7. The van der Waals surface area contributed by atoms with E-state index >= 15 is 0 Å². The lowest BCUT2D eigenvalue weighted by atomic mass is 10.1. The lowest BCUT2D eigenvalue weighted by Gasteiger charge is -2.33. The number of hydrogen-bond acceptors (Lipinski definition) is 9. The second kappa shape index (κ2) is 7.49. The van der Waals surface area contributed by atoms with Crippen LogP contribution in [0.25, 0.3) is 33.5 Å². The summed E-state index contributed by atoms with van der Waals surface area (Å²) in [5, 5.41) is 28.0. The minimum absolute atomic E-state index is 0.0219. The van der Waals surface area contributed by atoms with Gasteiger partial charge in [0.15, 0.2) is 5.65 Å². The smallest absolute Gasteiger partial charge is 0.245 e. The molecule has 0 radical (unpaired) electrons. The van der Waals surface area contributed by atoms with Gasteiger partial charge in [0.2, 0.25) is 5.95 Å². The summed E-state index contributed by atoms with van der Waals surface area (Å²) in [6.45, 7) is 2.69. The molecular weight excluding hydrogens is 406 g/mol. The predicted molar refractivity (Wildman–Crippen MR) is 119 cm³/mol. The topological polar surface area (TPSA) is 118 Å². The van der Waals surface area contributed by atoms with Gasteiger partial charge in [0.1, 0.15) is 17.1 Å². The highest BCUT2D eigenvalue weighted by Gasteiger charge is 2.34. The molecule has 4 aromatic heterocycles. The molecule has 6 rings (SSSR count). The van der Waals surface area contributed by atoms with E-state index in [2.05, 4.69) is 40.5 Å². The third-order valence-electron chi connectivity index (χ3n) is 6.15. The van der Waals surface area contributed by atoms with Crippen molar-refractivity contribution in [2.24, 2.45) is 13.0 Å². The van der Waals surface area contributed by atoms with Crippen molar-refractivity contribution in [2.45, 2.75) is 18.9 Å². The zero-order chi connectivity index (χ0) is 21.7. The van der Waals surface area contributed by atoms with Crippen LogP contribution in [0.15, 0.2) is 36.9 Å². The molecule has 0 bridgehead atoms. The number of nitrogens with one attached hydrogen (secondary N) is 1. The number of anilines is 1. The zero-order valence-corrected chi connectivity index (χ0v) is 17.7. The molecular formula is C22H23N9O. The van der Waals surface area contributed by atoms with Crippen molar-refractivity contribution in [2.75, 3.05) is 24.5 Å². The fourth-order valence-corrected chi connectivity index (χ4v) is 4.30. The summed E-state index contributed by atoms with van der Waals surface area (Å²) in [5.41, 5.74) is 3.08. The fourth-order valence-electron chi connectivity index (χ4n) is 4.30. The van der Waals surface area contributed by atoms with Crippen molar-refractivity contribution in [3.05, 3.63) is 36.9 Å². The highest BCUT2D eigenvalue weighted by atomic mass is 16.3. The van der Waals surface area contributed by atoms with Crippen LogP contribution in [0.5, 0.6) is 5.75 Å². The average molecular weight is 429 g/mol. The number of aromatic hydroxyl groups is 1. The molecule has 1 aliphatic heterocycles. The molecule has 4 aromatic rings. The molecule has 1 saturated carbocycles. The maximum Gasteiger partial charge on any atom is 0.245 e. The van der Waals surface area contributed by atoms with Crippen LogP contribution in [0.2, 0.25) is 0 Å². The lowest BCUT2D eigenvalue weighted by molar-refractivity contribution is 0.414. The van der Waals surface area contributed by atoms with Crippen molar-refractivity contribution in [3.8, 4) is 28.3 Å². The minimum atomic E-state index is 0.0219. The van der Waals surface area contributed by atoms with Crippen molar-refractivity contribution < 1.29 is 5.11 Å². The minimum Gasteiger partial charge on any atom is -0.506 e. The summed E-state index contributed by atoms with van der Waals surface area (Å²) in [6, 6.07) is 4.14. The van der Waals surface area contributed by atoms with Gasteiger partial charge in [0.05, 0.1) is 6.20 Å². The van der Waals surface area contributed by atoms with Gasteiger partial charge in [-0.05, 0) is 30.9 Å². The molecule has 0 spiro atoms. The number of piperazine rings is 1. The Hall–Kier alpha value is -3.66. The number of pyridine rings is 2. The molecule has 10 nitrogen and oxygen atoms in total. The Morgan fingerprint density at radius 1 is 1.03 bits per heavy atom. The molecule has 2 fully saturated rings. The molecule has 0 unspecified atom stereocenters. The van der Waals surface area contributed by atoms with E-state index in [9.17, 15) is 5.11 Å². The van der Waals surface area contributed by atoms with E-state index in [1.165, 1.54) is 12.8 Å². The first-order valence-electron chi connectivity index (χ1n) is 10.8. The van der Waals surface area contributed by atoms with E-state index < -0.39 is 0 Å². The molecule has 10 heteroatoms. The Morgan fingerprint density at radius 2 is 1.88 bits per heavy atom. The van der Waals surface area contributed by atoms with Crippen molar-refractivity contribution in [1.82, 2.24) is 40.2 Å². The number of nitrogens with zero attached hydrogens (tertiary/aromatic N) is 8. The van der Waals surface area contributed by atoms with Crippen molar-refractivity contribution in [3.63, 3.8) is 0 Å². The van der Waals surface area contributed by atoms with Gasteiger partial charge in [-0.15, -0.1) is 10.2 Å². The maximum absolute atomic E-state index is 10.6. The zero-order valence-electron chi connectivity index (χ0n) is 17.7. The second-order valence-electron chi connectivity index (χ2n) is 8.52.